The van der Waals surface area contributed by atoms with Crippen LogP contribution < -0.4 is 0 Å². The predicted molar refractivity (Wildman–Crippen MR) is 95.0 cm³/mol. The monoisotopic (exact) mass is 348 g/mol. The lowest BCUT2D eigenvalue weighted by molar-refractivity contribution is -0.941. The van der Waals surface area contributed by atoms with E-state index in [0.717, 1.165) is 38.8 Å². The van der Waals surface area contributed by atoms with Gasteiger partial charge in [-0.1, -0.05) is 33.3 Å². The molecule has 0 saturated heterocycles. The molecule has 1 N–H and O–H groups in total. The average Bonchev–Trinajstić information content (AvgIpc) is 2.46. The normalized spacial score (nSPS) is 13.8. The number of ketones is 1. The molecule has 5 nitrogen and oxygen atoms in total. The summed E-state index contributed by atoms with van der Waals surface area (Å²) in [5.74, 6) is -0.205. The standard InChI is InChI=1S/C17H33NO4S/c1-6-8-11-18(12-9-7-2,13-10-14-23(20,21)22)16(5)17(19)15(3)4/h16H,3,6-14H2,1-2,4-5H3/p+1. The number of hydrogen-bond acceptors (Lipinski definition) is 3. The second kappa shape index (κ2) is 10.2. The maximum Gasteiger partial charge on any atom is 0.265 e. The Morgan fingerprint density at radius 2 is 1.52 bits per heavy atom. The van der Waals surface area contributed by atoms with Crippen molar-refractivity contribution in [3.63, 3.8) is 0 Å². The van der Waals surface area contributed by atoms with Gasteiger partial charge in [0.15, 0.2) is 0 Å². The van der Waals surface area contributed by atoms with Gasteiger partial charge in [-0.05, 0) is 32.3 Å². The highest BCUT2D eigenvalue weighted by molar-refractivity contribution is 7.85. The summed E-state index contributed by atoms with van der Waals surface area (Å²) in [6.07, 6.45) is 4.39. The lowest BCUT2D eigenvalue weighted by Gasteiger charge is -2.43. The zero-order chi connectivity index (χ0) is 18.1. The van der Waals surface area contributed by atoms with Crippen LogP contribution in [0.5, 0.6) is 0 Å². The molecule has 0 heterocycles. The number of unbranched alkanes of at least 4 members (excludes halogenated alkanes) is 2. The first-order valence-electron chi connectivity index (χ1n) is 8.60. The zero-order valence-electron chi connectivity index (χ0n) is 15.2. The SMILES string of the molecule is C=C(C)C(=O)C(C)[N+](CCCC)(CCCC)CCCS(=O)(=O)O. The molecule has 6 heteroatoms. The number of quaternary nitrogens is 1. The minimum Gasteiger partial charge on any atom is -0.315 e. The fourth-order valence-corrected chi connectivity index (χ4v) is 3.52. The maximum atomic E-state index is 12.5. The smallest absolute Gasteiger partial charge is 0.265 e. The molecule has 0 aromatic carbocycles. The van der Waals surface area contributed by atoms with E-state index < -0.39 is 10.1 Å². The molecule has 0 bridgehead atoms. The van der Waals surface area contributed by atoms with Gasteiger partial charge in [0.1, 0.15) is 6.04 Å². The van der Waals surface area contributed by atoms with Gasteiger partial charge in [-0.3, -0.25) is 9.35 Å². The van der Waals surface area contributed by atoms with Gasteiger partial charge in [-0.15, -0.1) is 0 Å². The predicted octanol–water partition coefficient (Wildman–Crippen LogP) is 3.22. The van der Waals surface area contributed by atoms with E-state index in [2.05, 4.69) is 20.4 Å². The quantitative estimate of drug-likeness (QED) is 0.315. The topological polar surface area (TPSA) is 71.4 Å². The first kappa shape index (κ1) is 22.3. The Kier molecular flexibility index (Phi) is 9.89. The van der Waals surface area contributed by atoms with Gasteiger partial charge in [-0.2, -0.15) is 8.42 Å². The van der Waals surface area contributed by atoms with Crippen molar-refractivity contribution in [3.8, 4) is 0 Å². The fraction of sp³-hybridized carbons (Fsp3) is 0.824. The van der Waals surface area contributed by atoms with Crippen LogP contribution in [0.2, 0.25) is 0 Å². The van der Waals surface area contributed by atoms with Crippen molar-refractivity contribution in [1.82, 2.24) is 0 Å². The third-order valence-electron chi connectivity index (χ3n) is 4.54. The van der Waals surface area contributed by atoms with E-state index in [-0.39, 0.29) is 17.6 Å². The van der Waals surface area contributed by atoms with Crippen molar-refractivity contribution < 1.29 is 22.2 Å². The van der Waals surface area contributed by atoms with Crippen LogP contribution in [0.15, 0.2) is 12.2 Å². The maximum absolute atomic E-state index is 12.5. The fourth-order valence-electron chi connectivity index (χ4n) is 3.03. The Morgan fingerprint density at radius 3 is 1.87 bits per heavy atom. The third kappa shape index (κ3) is 8.08. The number of nitrogens with zero attached hydrogens (tertiary/aromatic N) is 1. The highest BCUT2D eigenvalue weighted by atomic mass is 32.2. The van der Waals surface area contributed by atoms with Crippen molar-refractivity contribution in [1.29, 1.82) is 0 Å². The van der Waals surface area contributed by atoms with E-state index in [0.29, 0.717) is 23.0 Å². The molecule has 0 fully saturated rings. The Balaban J connectivity index is 5.37. The third-order valence-corrected chi connectivity index (χ3v) is 5.35. The molecule has 0 saturated carbocycles. The molecular formula is C17H34NO4S+. The van der Waals surface area contributed by atoms with E-state index in [1.807, 2.05) is 6.92 Å². The Labute approximate surface area is 142 Å². The molecule has 0 aromatic rings. The first-order valence-corrected chi connectivity index (χ1v) is 10.2. The van der Waals surface area contributed by atoms with Crippen LogP contribution in [-0.4, -0.2) is 54.7 Å². The van der Waals surface area contributed by atoms with Gasteiger partial charge in [-0.25, -0.2) is 0 Å². The summed E-state index contributed by atoms with van der Waals surface area (Å²) in [5.41, 5.74) is 0.544. The van der Waals surface area contributed by atoms with Gasteiger partial charge in [0.05, 0.1) is 25.4 Å². The van der Waals surface area contributed by atoms with E-state index in [4.69, 9.17) is 4.55 Å². The van der Waals surface area contributed by atoms with Gasteiger partial charge >= 0.3 is 0 Å². The van der Waals surface area contributed by atoms with Gasteiger partial charge in [0.2, 0.25) is 5.78 Å². The Morgan fingerprint density at radius 1 is 1.09 bits per heavy atom. The Hall–Kier alpha value is -0.720. The van der Waals surface area contributed by atoms with E-state index >= 15 is 0 Å². The summed E-state index contributed by atoms with van der Waals surface area (Å²) in [6.45, 7) is 13.9. The number of hydrogen-bond donors (Lipinski definition) is 1. The average molecular weight is 349 g/mol. The van der Waals surface area contributed by atoms with E-state index in [1.165, 1.54) is 0 Å². The minimum absolute atomic E-state index is 0.0454. The van der Waals surface area contributed by atoms with Crippen LogP contribution in [0.25, 0.3) is 0 Å². The molecule has 1 unspecified atom stereocenters. The molecule has 0 aliphatic heterocycles. The number of rotatable bonds is 13. The van der Waals surface area contributed by atoms with Crippen molar-refractivity contribution in [2.24, 2.45) is 0 Å². The largest absolute Gasteiger partial charge is 0.315 e. The van der Waals surface area contributed by atoms with Crippen LogP contribution in [0.3, 0.4) is 0 Å². The minimum atomic E-state index is -3.96. The summed E-state index contributed by atoms with van der Waals surface area (Å²) >= 11 is 0. The summed E-state index contributed by atoms with van der Waals surface area (Å²) in [6, 6.07) is -0.230. The molecule has 1 atom stereocenters. The van der Waals surface area contributed by atoms with Crippen molar-refractivity contribution in [2.45, 2.75) is 65.8 Å². The van der Waals surface area contributed by atoms with Crippen LogP contribution in [0, 0.1) is 0 Å². The number of carbonyl (C=O) groups is 1. The van der Waals surface area contributed by atoms with Crippen molar-refractivity contribution >= 4 is 15.9 Å². The zero-order valence-corrected chi connectivity index (χ0v) is 16.0. The molecule has 136 valence electrons. The molecular weight excluding hydrogens is 314 g/mol. The summed E-state index contributed by atoms with van der Waals surface area (Å²) in [7, 11) is -3.96. The molecule has 0 radical (unpaired) electrons. The van der Waals surface area contributed by atoms with E-state index in [1.54, 1.807) is 6.92 Å². The molecule has 0 aliphatic rings. The van der Waals surface area contributed by atoms with Gasteiger partial charge in [0.25, 0.3) is 10.1 Å². The van der Waals surface area contributed by atoms with Gasteiger partial charge < -0.3 is 4.48 Å². The lowest BCUT2D eigenvalue weighted by atomic mass is 10.0. The molecule has 0 aromatic heterocycles. The number of carbonyl (C=O) groups excluding carboxylic acids is 1. The van der Waals surface area contributed by atoms with Crippen LogP contribution in [-0.2, 0) is 14.9 Å². The molecule has 0 amide bonds. The Bertz CT molecular complexity index is 477. The molecule has 0 spiro atoms. The van der Waals surface area contributed by atoms with E-state index in [9.17, 15) is 13.2 Å². The highest BCUT2D eigenvalue weighted by Crippen LogP contribution is 2.22. The van der Waals surface area contributed by atoms with Crippen molar-refractivity contribution in [3.05, 3.63) is 12.2 Å². The molecule has 0 rings (SSSR count). The van der Waals surface area contributed by atoms with Crippen LogP contribution >= 0.6 is 0 Å². The second-order valence-electron chi connectivity index (χ2n) is 6.56. The molecule has 23 heavy (non-hydrogen) atoms. The summed E-state index contributed by atoms with van der Waals surface area (Å²) in [5, 5.41) is 0. The summed E-state index contributed by atoms with van der Waals surface area (Å²) < 4.78 is 31.6. The summed E-state index contributed by atoms with van der Waals surface area (Å²) in [4.78, 5) is 12.5. The van der Waals surface area contributed by atoms with Crippen molar-refractivity contribution in [2.75, 3.05) is 25.4 Å². The highest BCUT2D eigenvalue weighted by Gasteiger charge is 2.37. The number of Topliss-reactive ketones (excluding diaryl/α,β-unsaturated/α-hetero) is 1. The molecule has 0 aliphatic carbocycles. The van der Waals surface area contributed by atoms with Crippen LogP contribution in [0.4, 0.5) is 0 Å². The first-order chi connectivity index (χ1) is 10.6. The van der Waals surface area contributed by atoms with Crippen LogP contribution in [0.1, 0.15) is 59.8 Å². The lowest BCUT2D eigenvalue weighted by Crippen LogP contribution is -2.59. The van der Waals surface area contributed by atoms with Gasteiger partial charge in [0, 0.05) is 6.42 Å². The second-order valence-corrected chi connectivity index (χ2v) is 8.13.